The van der Waals surface area contributed by atoms with Crippen molar-refractivity contribution in [3.8, 4) is 6.07 Å². The Morgan fingerprint density at radius 3 is 3.17 bits per heavy atom. The first-order valence-corrected chi connectivity index (χ1v) is 4.70. The van der Waals surface area contributed by atoms with Crippen LogP contribution in [0.2, 0.25) is 0 Å². The summed E-state index contributed by atoms with van der Waals surface area (Å²) in [6.07, 6.45) is 0.744. The average molecular weight is 189 g/mol. The van der Waals surface area contributed by atoms with Crippen molar-refractivity contribution in [1.29, 1.82) is 5.26 Å². The highest BCUT2D eigenvalue weighted by molar-refractivity contribution is 6.17. The first-order valence-electron chi connectivity index (χ1n) is 4.16. The highest BCUT2D eigenvalue weighted by Crippen LogP contribution is 2.04. The van der Waals surface area contributed by atoms with Crippen LogP contribution in [0.5, 0.6) is 0 Å². The summed E-state index contributed by atoms with van der Waals surface area (Å²) >= 11 is 5.57. The van der Waals surface area contributed by atoms with Crippen LogP contribution >= 0.6 is 11.6 Å². The molecule has 0 N–H and O–H groups in total. The van der Waals surface area contributed by atoms with Gasteiger partial charge in [0, 0.05) is 19.0 Å². The Hall–Kier alpha value is -0.300. The van der Waals surface area contributed by atoms with Crippen molar-refractivity contribution in [3.05, 3.63) is 0 Å². The van der Waals surface area contributed by atoms with Crippen molar-refractivity contribution < 1.29 is 4.74 Å². The Morgan fingerprint density at radius 1 is 1.67 bits per heavy atom. The minimum Gasteiger partial charge on any atom is -0.361 e. The van der Waals surface area contributed by atoms with Crippen LogP contribution in [0.25, 0.3) is 0 Å². The molecular weight excluding hydrogens is 176 g/mol. The van der Waals surface area contributed by atoms with Crippen molar-refractivity contribution in [3.63, 3.8) is 0 Å². The minimum atomic E-state index is -0.242. The Labute approximate surface area is 77.9 Å². The lowest BCUT2D eigenvalue weighted by Crippen LogP contribution is -2.42. The molecule has 0 aromatic carbocycles. The average Bonchev–Trinajstić information content (AvgIpc) is 2.15. The van der Waals surface area contributed by atoms with Crippen LogP contribution in [0, 0.1) is 11.3 Å². The summed E-state index contributed by atoms with van der Waals surface area (Å²) in [5, 5.41) is 8.61. The SMILES string of the molecule is N#CC1CN(CCCCl)CCO1. The van der Waals surface area contributed by atoms with E-state index in [0.717, 1.165) is 26.1 Å². The molecule has 12 heavy (non-hydrogen) atoms. The maximum atomic E-state index is 8.61. The smallest absolute Gasteiger partial charge is 0.156 e. The lowest BCUT2D eigenvalue weighted by atomic mass is 10.3. The van der Waals surface area contributed by atoms with E-state index in [1.807, 2.05) is 0 Å². The maximum Gasteiger partial charge on any atom is 0.156 e. The molecule has 4 heteroatoms. The van der Waals surface area contributed by atoms with Gasteiger partial charge in [0.15, 0.2) is 6.10 Å². The van der Waals surface area contributed by atoms with Crippen molar-refractivity contribution in [2.45, 2.75) is 12.5 Å². The summed E-state index contributed by atoms with van der Waals surface area (Å²) in [5.41, 5.74) is 0. The monoisotopic (exact) mass is 188 g/mol. The molecule has 1 unspecified atom stereocenters. The fourth-order valence-corrected chi connectivity index (χ4v) is 1.39. The van der Waals surface area contributed by atoms with E-state index in [9.17, 15) is 0 Å². The van der Waals surface area contributed by atoms with Crippen molar-refractivity contribution in [2.24, 2.45) is 0 Å². The Morgan fingerprint density at radius 2 is 2.50 bits per heavy atom. The highest BCUT2D eigenvalue weighted by atomic mass is 35.5. The fraction of sp³-hybridized carbons (Fsp3) is 0.875. The summed E-state index contributed by atoms with van der Waals surface area (Å²) in [5.74, 6) is 0.689. The maximum absolute atomic E-state index is 8.61. The van der Waals surface area contributed by atoms with E-state index in [0.29, 0.717) is 12.5 Å². The third kappa shape index (κ3) is 2.98. The van der Waals surface area contributed by atoms with Gasteiger partial charge in [0.1, 0.15) is 0 Å². The topological polar surface area (TPSA) is 36.3 Å². The fourth-order valence-electron chi connectivity index (χ4n) is 1.27. The van der Waals surface area contributed by atoms with Crippen LogP contribution in [0.15, 0.2) is 0 Å². The first-order chi connectivity index (χ1) is 5.86. The number of alkyl halides is 1. The minimum absolute atomic E-state index is 0.242. The van der Waals surface area contributed by atoms with Gasteiger partial charge in [-0.2, -0.15) is 5.26 Å². The Bertz CT molecular complexity index is 169. The number of rotatable bonds is 3. The van der Waals surface area contributed by atoms with E-state index >= 15 is 0 Å². The van der Waals surface area contributed by atoms with E-state index in [2.05, 4.69) is 11.0 Å². The molecule has 1 aliphatic heterocycles. The number of morpholine rings is 1. The largest absolute Gasteiger partial charge is 0.361 e. The van der Waals surface area contributed by atoms with Gasteiger partial charge in [-0.25, -0.2) is 0 Å². The van der Waals surface area contributed by atoms with E-state index < -0.39 is 0 Å². The standard InChI is InChI=1S/C8H13ClN2O/c9-2-1-3-11-4-5-12-8(6-10)7-11/h8H,1-5,7H2. The lowest BCUT2D eigenvalue weighted by Gasteiger charge is -2.29. The molecule has 0 aliphatic carbocycles. The predicted molar refractivity (Wildman–Crippen MR) is 47.1 cm³/mol. The van der Waals surface area contributed by atoms with Crippen molar-refractivity contribution in [2.75, 3.05) is 32.1 Å². The molecule has 1 aliphatic rings. The third-order valence-corrected chi connectivity index (χ3v) is 2.17. The third-order valence-electron chi connectivity index (χ3n) is 1.90. The normalized spacial score (nSPS) is 25.2. The zero-order valence-corrected chi connectivity index (χ0v) is 7.76. The van der Waals surface area contributed by atoms with Crippen LogP contribution in [0.1, 0.15) is 6.42 Å². The second kappa shape index (κ2) is 5.36. The van der Waals surface area contributed by atoms with E-state index in [1.54, 1.807) is 0 Å². The number of nitrogens with zero attached hydrogens (tertiary/aromatic N) is 2. The van der Waals surface area contributed by atoms with Gasteiger partial charge in [-0.05, 0) is 13.0 Å². The van der Waals surface area contributed by atoms with Gasteiger partial charge >= 0.3 is 0 Å². The highest BCUT2D eigenvalue weighted by Gasteiger charge is 2.18. The molecule has 1 rings (SSSR count). The van der Waals surface area contributed by atoms with E-state index in [4.69, 9.17) is 21.6 Å². The van der Waals surface area contributed by atoms with Gasteiger partial charge in [0.2, 0.25) is 0 Å². The quantitative estimate of drug-likeness (QED) is 0.616. The molecule has 3 nitrogen and oxygen atoms in total. The first kappa shape index (κ1) is 9.79. The van der Waals surface area contributed by atoms with Gasteiger partial charge in [0.25, 0.3) is 0 Å². The molecule has 1 atom stereocenters. The number of ether oxygens (including phenoxy) is 1. The van der Waals surface area contributed by atoms with Crippen molar-refractivity contribution in [1.82, 2.24) is 4.90 Å². The molecule has 0 saturated carbocycles. The summed E-state index contributed by atoms with van der Waals surface area (Å²) in [7, 11) is 0. The number of halogens is 1. The van der Waals surface area contributed by atoms with E-state index in [1.165, 1.54) is 0 Å². The van der Waals surface area contributed by atoms with Gasteiger partial charge < -0.3 is 4.74 Å². The molecule has 0 aromatic heterocycles. The Kier molecular flexibility index (Phi) is 4.37. The molecule has 0 bridgehead atoms. The zero-order valence-electron chi connectivity index (χ0n) is 7.00. The van der Waals surface area contributed by atoms with Crippen LogP contribution in [0.3, 0.4) is 0 Å². The molecule has 0 spiro atoms. The van der Waals surface area contributed by atoms with E-state index in [-0.39, 0.29) is 6.10 Å². The number of nitriles is 1. The molecule has 1 saturated heterocycles. The van der Waals surface area contributed by atoms with Gasteiger partial charge in [0.05, 0.1) is 12.7 Å². The summed E-state index contributed by atoms with van der Waals surface area (Å²) in [6.45, 7) is 3.30. The molecular formula is C8H13ClN2O. The molecule has 0 amide bonds. The molecule has 1 fully saturated rings. The summed E-state index contributed by atoms with van der Waals surface area (Å²) in [6, 6.07) is 2.11. The second-order valence-corrected chi connectivity index (χ2v) is 3.21. The predicted octanol–water partition coefficient (Wildman–Crippen LogP) is 0.840. The van der Waals surface area contributed by atoms with Crippen LogP contribution in [-0.2, 0) is 4.74 Å². The molecule has 0 radical (unpaired) electrons. The summed E-state index contributed by atoms with van der Waals surface area (Å²) in [4.78, 5) is 2.22. The Balaban J connectivity index is 2.22. The van der Waals surface area contributed by atoms with Crippen LogP contribution in [-0.4, -0.2) is 43.1 Å². The molecule has 1 heterocycles. The number of hydrogen-bond acceptors (Lipinski definition) is 3. The van der Waals surface area contributed by atoms with Gasteiger partial charge in [-0.15, -0.1) is 11.6 Å². The molecule has 0 aromatic rings. The van der Waals surface area contributed by atoms with Crippen LogP contribution < -0.4 is 0 Å². The van der Waals surface area contributed by atoms with Gasteiger partial charge in [-0.3, -0.25) is 4.90 Å². The van der Waals surface area contributed by atoms with Gasteiger partial charge in [-0.1, -0.05) is 0 Å². The van der Waals surface area contributed by atoms with Crippen molar-refractivity contribution >= 4 is 11.6 Å². The summed E-state index contributed by atoms with van der Waals surface area (Å²) < 4.78 is 5.20. The second-order valence-electron chi connectivity index (χ2n) is 2.83. The lowest BCUT2D eigenvalue weighted by molar-refractivity contribution is 0.000769. The number of hydrogen-bond donors (Lipinski definition) is 0. The van der Waals surface area contributed by atoms with Crippen LogP contribution in [0.4, 0.5) is 0 Å². The zero-order chi connectivity index (χ0) is 8.81. The molecule has 68 valence electrons.